The van der Waals surface area contributed by atoms with Crippen LogP contribution in [0.1, 0.15) is 16.7 Å². The Kier molecular flexibility index (Phi) is 3.34. The van der Waals surface area contributed by atoms with Crippen molar-refractivity contribution < 1.29 is 4.42 Å². The van der Waals surface area contributed by atoms with Crippen molar-refractivity contribution in [1.82, 2.24) is 0 Å². The van der Waals surface area contributed by atoms with Gasteiger partial charge in [-0.05, 0) is 30.2 Å². The maximum Gasteiger partial charge on any atom is 0.134 e. The van der Waals surface area contributed by atoms with Gasteiger partial charge in [0.1, 0.15) is 5.58 Å². The quantitative estimate of drug-likeness (QED) is 0.770. The van der Waals surface area contributed by atoms with Gasteiger partial charge >= 0.3 is 0 Å². The number of hydrogen-bond acceptors (Lipinski definition) is 2. The molecule has 0 amide bonds. The molecule has 1 heterocycles. The minimum atomic E-state index is 0.693. The lowest BCUT2D eigenvalue weighted by atomic mass is 10.0. The highest BCUT2D eigenvalue weighted by molar-refractivity contribution is 5.81. The molecule has 19 heavy (non-hydrogen) atoms. The van der Waals surface area contributed by atoms with Gasteiger partial charge in [0.05, 0.1) is 6.26 Å². The van der Waals surface area contributed by atoms with Gasteiger partial charge in [-0.15, -0.1) is 0 Å². The molecule has 2 aromatic carbocycles. The zero-order chi connectivity index (χ0) is 13.1. The number of furan rings is 1. The third kappa shape index (κ3) is 2.54. The van der Waals surface area contributed by atoms with Crippen molar-refractivity contribution in [3.05, 3.63) is 71.5 Å². The van der Waals surface area contributed by atoms with Crippen LogP contribution in [0.25, 0.3) is 11.0 Å². The van der Waals surface area contributed by atoms with Crippen molar-refractivity contribution in [2.45, 2.75) is 12.8 Å². The standard InChI is InChI=1S/C17H17NO/c18-9-8-13-4-3-5-14(10-13)11-15-12-19-17-7-2-1-6-16(15)17/h1-7,10,12H,8-9,11,18H2. The molecule has 0 atom stereocenters. The summed E-state index contributed by atoms with van der Waals surface area (Å²) < 4.78 is 5.58. The summed E-state index contributed by atoms with van der Waals surface area (Å²) >= 11 is 0. The van der Waals surface area contributed by atoms with E-state index < -0.39 is 0 Å². The lowest BCUT2D eigenvalue weighted by Crippen LogP contribution is -2.02. The predicted molar refractivity (Wildman–Crippen MR) is 78.2 cm³/mol. The van der Waals surface area contributed by atoms with Crippen LogP contribution >= 0.6 is 0 Å². The van der Waals surface area contributed by atoms with Crippen LogP contribution in [0.2, 0.25) is 0 Å². The van der Waals surface area contributed by atoms with Crippen molar-refractivity contribution in [2.24, 2.45) is 5.73 Å². The molecule has 0 unspecified atom stereocenters. The molecule has 3 rings (SSSR count). The zero-order valence-electron chi connectivity index (χ0n) is 10.8. The number of para-hydroxylation sites is 1. The van der Waals surface area contributed by atoms with Crippen LogP contribution in [-0.4, -0.2) is 6.54 Å². The molecule has 0 radical (unpaired) electrons. The van der Waals surface area contributed by atoms with Crippen LogP contribution in [0.4, 0.5) is 0 Å². The highest BCUT2D eigenvalue weighted by Crippen LogP contribution is 2.23. The van der Waals surface area contributed by atoms with Crippen LogP contribution in [0, 0.1) is 0 Å². The van der Waals surface area contributed by atoms with E-state index in [0.29, 0.717) is 6.54 Å². The van der Waals surface area contributed by atoms with E-state index in [4.69, 9.17) is 10.2 Å². The lowest BCUT2D eigenvalue weighted by molar-refractivity contribution is 0.611. The largest absolute Gasteiger partial charge is 0.464 e. The molecule has 2 heteroatoms. The van der Waals surface area contributed by atoms with Crippen LogP contribution in [0.15, 0.2) is 59.2 Å². The summed E-state index contributed by atoms with van der Waals surface area (Å²) in [5.41, 5.74) is 10.4. The van der Waals surface area contributed by atoms with Gasteiger partial charge in [-0.3, -0.25) is 0 Å². The fraction of sp³-hybridized carbons (Fsp3) is 0.176. The summed E-state index contributed by atoms with van der Waals surface area (Å²) in [5.74, 6) is 0. The van der Waals surface area contributed by atoms with Gasteiger partial charge in [0.25, 0.3) is 0 Å². The summed E-state index contributed by atoms with van der Waals surface area (Å²) in [5, 5.41) is 1.20. The molecule has 3 aromatic rings. The Balaban J connectivity index is 1.90. The molecule has 2 N–H and O–H groups in total. The van der Waals surface area contributed by atoms with Crippen LogP contribution in [0.3, 0.4) is 0 Å². The van der Waals surface area contributed by atoms with E-state index in [1.807, 2.05) is 24.5 Å². The molecule has 96 valence electrons. The number of nitrogens with two attached hydrogens (primary N) is 1. The Morgan fingerprint density at radius 3 is 2.68 bits per heavy atom. The third-order valence-corrected chi connectivity index (χ3v) is 3.38. The maximum atomic E-state index is 5.61. The predicted octanol–water partition coefficient (Wildman–Crippen LogP) is 3.52. The first kappa shape index (κ1) is 12.0. The molecule has 0 aliphatic rings. The Morgan fingerprint density at radius 2 is 1.79 bits per heavy atom. The van der Waals surface area contributed by atoms with Crippen molar-refractivity contribution in [3.8, 4) is 0 Å². The average Bonchev–Trinajstić information content (AvgIpc) is 2.83. The van der Waals surface area contributed by atoms with Crippen molar-refractivity contribution in [3.63, 3.8) is 0 Å². The molecule has 0 aliphatic heterocycles. The molecule has 0 saturated carbocycles. The number of rotatable bonds is 4. The highest BCUT2D eigenvalue weighted by atomic mass is 16.3. The maximum absolute atomic E-state index is 5.61. The molecule has 1 aromatic heterocycles. The summed E-state index contributed by atoms with van der Waals surface area (Å²) in [7, 11) is 0. The Labute approximate surface area is 112 Å². The van der Waals surface area contributed by atoms with Crippen molar-refractivity contribution in [1.29, 1.82) is 0 Å². The molecule has 0 spiro atoms. The van der Waals surface area contributed by atoms with Crippen molar-refractivity contribution in [2.75, 3.05) is 6.54 Å². The number of benzene rings is 2. The molecule has 0 fully saturated rings. The van der Waals surface area contributed by atoms with Gasteiger partial charge < -0.3 is 10.2 Å². The van der Waals surface area contributed by atoms with Gasteiger partial charge in [0, 0.05) is 17.4 Å². The van der Waals surface area contributed by atoms with Crippen LogP contribution in [0.5, 0.6) is 0 Å². The highest BCUT2D eigenvalue weighted by Gasteiger charge is 2.06. The summed E-state index contributed by atoms with van der Waals surface area (Å²) in [6.45, 7) is 0.693. The molecule has 0 bridgehead atoms. The second-order valence-electron chi connectivity index (χ2n) is 4.79. The van der Waals surface area contributed by atoms with E-state index in [0.717, 1.165) is 18.4 Å². The average molecular weight is 251 g/mol. The molecular weight excluding hydrogens is 234 g/mol. The molecule has 2 nitrogen and oxygen atoms in total. The summed E-state index contributed by atoms with van der Waals surface area (Å²) in [6.07, 6.45) is 3.69. The van der Waals surface area contributed by atoms with Gasteiger partial charge in [0.15, 0.2) is 0 Å². The second kappa shape index (κ2) is 5.29. The monoisotopic (exact) mass is 251 g/mol. The Bertz CT molecular complexity index is 684. The number of fused-ring (bicyclic) bond motifs is 1. The molecule has 0 aliphatic carbocycles. The minimum Gasteiger partial charge on any atom is -0.464 e. The van der Waals surface area contributed by atoms with Gasteiger partial charge in [-0.1, -0.05) is 42.5 Å². The second-order valence-corrected chi connectivity index (χ2v) is 4.79. The van der Waals surface area contributed by atoms with E-state index in [-0.39, 0.29) is 0 Å². The van der Waals surface area contributed by atoms with Gasteiger partial charge in [-0.25, -0.2) is 0 Å². The third-order valence-electron chi connectivity index (χ3n) is 3.38. The van der Waals surface area contributed by atoms with E-state index in [1.165, 1.54) is 22.1 Å². The first-order chi connectivity index (χ1) is 9.36. The summed E-state index contributed by atoms with van der Waals surface area (Å²) in [6, 6.07) is 16.8. The topological polar surface area (TPSA) is 39.2 Å². The fourth-order valence-corrected chi connectivity index (χ4v) is 2.45. The Hall–Kier alpha value is -2.06. The van der Waals surface area contributed by atoms with Crippen molar-refractivity contribution >= 4 is 11.0 Å². The van der Waals surface area contributed by atoms with Crippen LogP contribution in [-0.2, 0) is 12.8 Å². The van der Waals surface area contributed by atoms with E-state index >= 15 is 0 Å². The van der Waals surface area contributed by atoms with Gasteiger partial charge in [-0.2, -0.15) is 0 Å². The van der Waals surface area contributed by atoms with E-state index in [9.17, 15) is 0 Å². The SMILES string of the molecule is NCCc1cccc(Cc2coc3ccccc23)c1. The van der Waals surface area contributed by atoms with Crippen LogP contribution < -0.4 is 5.73 Å². The first-order valence-corrected chi connectivity index (χ1v) is 6.60. The normalized spacial score (nSPS) is 11.0. The minimum absolute atomic E-state index is 0.693. The molecule has 0 saturated heterocycles. The smallest absolute Gasteiger partial charge is 0.134 e. The lowest BCUT2D eigenvalue weighted by Gasteiger charge is -2.03. The first-order valence-electron chi connectivity index (χ1n) is 6.60. The zero-order valence-corrected chi connectivity index (χ0v) is 10.8. The Morgan fingerprint density at radius 1 is 0.947 bits per heavy atom. The van der Waals surface area contributed by atoms with E-state index in [2.05, 4.69) is 30.3 Å². The fourth-order valence-electron chi connectivity index (χ4n) is 2.45. The number of hydrogen-bond donors (Lipinski definition) is 1. The summed E-state index contributed by atoms with van der Waals surface area (Å²) in [4.78, 5) is 0. The van der Waals surface area contributed by atoms with Gasteiger partial charge in [0.2, 0.25) is 0 Å². The molecular formula is C17H17NO. The van der Waals surface area contributed by atoms with E-state index in [1.54, 1.807) is 0 Å².